The highest BCUT2D eigenvalue weighted by Gasteiger charge is 2.53. The maximum absolute atomic E-state index is 11.7. The Bertz CT molecular complexity index is 441. The third-order valence-electron chi connectivity index (χ3n) is 5.46. The number of carbonyl (C=O) groups is 1. The van der Waals surface area contributed by atoms with Crippen molar-refractivity contribution in [2.45, 2.75) is 39.2 Å². The van der Waals surface area contributed by atoms with Crippen molar-refractivity contribution in [3.05, 3.63) is 11.1 Å². The molecule has 2 N–H and O–H groups in total. The van der Waals surface area contributed by atoms with Gasteiger partial charge in [-0.15, -0.1) is 0 Å². The molecule has 0 radical (unpaired) electrons. The Morgan fingerprint density at radius 2 is 2.16 bits per heavy atom. The number of aliphatic hydroxyl groups excluding tert-OH is 2. The number of esters is 1. The average molecular weight is 266 g/mol. The van der Waals surface area contributed by atoms with Gasteiger partial charge in [0.1, 0.15) is 6.61 Å². The van der Waals surface area contributed by atoms with E-state index in [4.69, 9.17) is 4.74 Å². The van der Waals surface area contributed by atoms with Crippen LogP contribution in [0.3, 0.4) is 0 Å². The van der Waals surface area contributed by atoms with E-state index < -0.39 is 11.5 Å². The van der Waals surface area contributed by atoms with Crippen molar-refractivity contribution in [1.82, 2.24) is 0 Å². The summed E-state index contributed by atoms with van der Waals surface area (Å²) in [4.78, 5) is 11.7. The molecule has 19 heavy (non-hydrogen) atoms. The molecule has 0 amide bonds. The molecule has 0 spiro atoms. The van der Waals surface area contributed by atoms with Crippen LogP contribution in [0.2, 0.25) is 0 Å². The van der Waals surface area contributed by atoms with Gasteiger partial charge in [-0.3, -0.25) is 0 Å². The fourth-order valence-corrected chi connectivity index (χ4v) is 4.38. The summed E-state index contributed by atoms with van der Waals surface area (Å²) >= 11 is 0. The normalized spacial score (nSPS) is 45.8. The van der Waals surface area contributed by atoms with E-state index >= 15 is 0 Å². The van der Waals surface area contributed by atoms with Crippen LogP contribution in [0.25, 0.3) is 0 Å². The SMILES string of the molecule is C[C@H]1CC2=C(COC2=O)C[C@@H]2C[C@@](C)(CO)[C@H](O)[C@@H]21. The number of rotatable bonds is 1. The van der Waals surface area contributed by atoms with E-state index in [2.05, 4.69) is 6.92 Å². The first-order chi connectivity index (χ1) is 8.96. The molecule has 1 heterocycles. The minimum atomic E-state index is -0.478. The number of fused-ring (bicyclic) bond motifs is 1. The number of ether oxygens (including phenoxy) is 1. The maximum atomic E-state index is 11.7. The molecule has 3 rings (SSSR count). The molecule has 1 saturated carbocycles. The van der Waals surface area contributed by atoms with Gasteiger partial charge >= 0.3 is 5.97 Å². The zero-order valence-corrected chi connectivity index (χ0v) is 11.6. The molecule has 4 heteroatoms. The molecule has 0 bridgehead atoms. The largest absolute Gasteiger partial charge is 0.458 e. The van der Waals surface area contributed by atoms with Gasteiger partial charge in [0.05, 0.1) is 12.7 Å². The topological polar surface area (TPSA) is 66.8 Å². The molecular formula is C15H22O4. The van der Waals surface area contributed by atoms with E-state index in [1.165, 1.54) is 0 Å². The van der Waals surface area contributed by atoms with Crippen molar-refractivity contribution in [2.75, 3.05) is 13.2 Å². The second-order valence-electron chi connectivity index (χ2n) is 6.84. The molecule has 0 unspecified atom stereocenters. The Kier molecular flexibility index (Phi) is 2.98. The molecule has 0 aromatic heterocycles. The zero-order chi connectivity index (χ0) is 13.8. The molecule has 1 aliphatic heterocycles. The van der Waals surface area contributed by atoms with Crippen LogP contribution in [0.5, 0.6) is 0 Å². The van der Waals surface area contributed by atoms with Gasteiger partial charge in [0.25, 0.3) is 0 Å². The molecular weight excluding hydrogens is 244 g/mol. The Hall–Kier alpha value is -0.870. The quantitative estimate of drug-likeness (QED) is 0.701. The standard InChI is InChI=1S/C15H22O4/c1-8-3-11-10(6-19-14(11)18)4-9-5-15(2,7-16)13(17)12(8)9/h8-9,12-13,16-17H,3-7H2,1-2H3/t8-,9+,12+,13+,15-/m0/s1. The van der Waals surface area contributed by atoms with Gasteiger partial charge in [0.2, 0.25) is 0 Å². The van der Waals surface area contributed by atoms with E-state index in [-0.39, 0.29) is 24.4 Å². The Balaban J connectivity index is 1.92. The summed E-state index contributed by atoms with van der Waals surface area (Å²) in [6.07, 6.45) is 1.88. The van der Waals surface area contributed by atoms with Crippen LogP contribution in [0, 0.1) is 23.2 Å². The van der Waals surface area contributed by atoms with Crippen molar-refractivity contribution >= 4 is 5.97 Å². The smallest absolute Gasteiger partial charge is 0.334 e. The first-order valence-corrected chi connectivity index (χ1v) is 7.13. The molecule has 1 fully saturated rings. The summed E-state index contributed by atoms with van der Waals surface area (Å²) in [6, 6.07) is 0. The van der Waals surface area contributed by atoms with Crippen molar-refractivity contribution in [3.8, 4) is 0 Å². The molecule has 0 aromatic rings. The first-order valence-electron chi connectivity index (χ1n) is 7.13. The predicted octanol–water partition coefficient (Wildman–Crippen LogP) is 1.27. The monoisotopic (exact) mass is 266 g/mol. The van der Waals surface area contributed by atoms with Crippen molar-refractivity contribution in [2.24, 2.45) is 23.2 Å². The van der Waals surface area contributed by atoms with E-state index in [9.17, 15) is 15.0 Å². The molecule has 3 aliphatic rings. The minimum Gasteiger partial charge on any atom is -0.458 e. The molecule has 2 aliphatic carbocycles. The van der Waals surface area contributed by atoms with Gasteiger partial charge in [-0.2, -0.15) is 0 Å². The van der Waals surface area contributed by atoms with Gasteiger partial charge in [-0.05, 0) is 42.6 Å². The summed E-state index contributed by atoms with van der Waals surface area (Å²) in [5.41, 5.74) is 1.57. The summed E-state index contributed by atoms with van der Waals surface area (Å²) in [7, 11) is 0. The molecule has 0 saturated heterocycles. The van der Waals surface area contributed by atoms with Crippen LogP contribution in [-0.4, -0.2) is 35.5 Å². The lowest BCUT2D eigenvalue weighted by atomic mass is 9.79. The number of hydrogen-bond donors (Lipinski definition) is 2. The van der Waals surface area contributed by atoms with Crippen molar-refractivity contribution in [3.63, 3.8) is 0 Å². The fraction of sp³-hybridized carbons (Fsp3) is 0.800. The highest BCUT2D eigenvalue weighted by molar-refractivity contribution is 5.91. The van der Waals surface area contributed by atoms with E-state index in [0.29, 0.717) is 18.9 Å². The third kappa shape index (κ3) is 1.84. The molecule has 4 nitrogen and oxygen atoms in total. The predicted molar refractivity (Wildman–Crippen MR) is 69.2 cm³/mol. The minimum absolute atomic E-state index is 0.0230. The second kappa shape index (κ2) is 4.32. The second-order valence-corrected chi connectivity index (χ2v) is 6.84. The van der Waals surface area contributed by atoms with Crippen LogP contribution in [0.1, 0.15) is 33.1 Å². The summed E-state index contributed by atoms with van der Waals surface area (Å²) in [5.74, 6) is 0.618. The van der Waals surface area contributed by atoms with E-state index in [1.807, 2.05) is 6.92 Å². The lowest BCUT2D eigenvalue weighted by Gasteiger charge is -2.31. The lowest BCUT2D eigenvalue weighted by molar-refractivity contribution is -0.136. The van der Waals surface area contributed by atoms with Gasteiger partial charge in [-0.1, -0.05) is 13.8 Å². The average Bonchev–Trinajstić information content (AvgIpc) is 2.77. The zero-order valence-electron chi connectivity index (χ0n) is 11.6. The highest BCUT2D eigenvalue weighted by Crippen LogP contribution is 2.53. The number of cyclic esters (lactones) is 1. The van der Waals surface area contributed by atoms with Gasteiger partial charge in [-0.25, -0.2) is 4.79 Å². The lowest BCUT2D eigenvalue weighted by Crippen LogP contribution is -2.36. The summed E-state index contributed by atoms with van der Waals surface area (Å²) in [5, 5.41) is 20.2. The van der Waals surface area contributed by atoms with E-state index in [1.54, 1.807) is 0 Å². The van der Waals surface area contributed by atoms with Crippen molar-refractivity contribution < 1.29 is 19.7 Å². The number of hydrogen-bond acceptors (Lipinski definition) is 4. The molecule has 106 valence electrons. The molecule has 5 atom stereocenters. The van der Waals surface area contributed by atoms with E-state index in [0.717, 1.165) is 24.0 Å². The first kappa shape index (κ1) is 13.1. The fourth-order valence-electron chi connectivity index (χ4n) is 4.38. The van der Waals surface area contributed by atoms with Crippen LogP contribution < -0.4 is 0 Å². The number of aliphatic hydroxyl groups is 2. The molecule has 0 aromatic carbocycles. The summed E-state index contributed by atoms with van der Waals surface area (Å²) < 4.78 is 5.13. The maximum Gasteiger partial charge on any atom is 0.334 e. The highest BCUT2D eigenvalue weighted by atomic mass is 16.5. The van der Waals surface area contributed by atoms with Crippen LogP contribution in [0.15, 0.2) is 11.1 Å². The third-order valence-corrected chi connectivity index (χ3v) is 5.46. The van der Waals surface area contributed by atoms with Crippen LogP contribution in [-0.2, 0) is 9.53 Å². The Morgan fingerprint density at radius 1 is 1.42 bits per heavy atom. The Labute approximate surface area is 113 Å². The van der Waals surface area contributed by atoms with Gasteiger partial charge < -0.3 is 14.9 Å². The Morgan fingerprint density at radius 3 is 2.84 bits per heavy atom. The number of carbonyl (C=O) groups excluding carboxylic acids is 1. The van der Waals surface area contributed by atoms with Crippen LogP contribution >= 0.6 is 0 Å². The van der Waals surface area contributed by atoms with Gasteiger partial charge in [0.15, 0.2) is 0 Å². The van der Waals surface area contributed by atoms with Gasteiger partial charge in [0, 0.05) is 11.0 Å². The van der Waals surface area contributed by atoms with Crippen LogP contribution in [0.4, 0.5) is 0 Å². The van der Waals surface area contributed by atoms with Crippen molar-refractivity contribution in [1.29, 1.82) is 0 Å². The summed E-state index contributed by atoms with van der Waals surface area (Å²) in [6.45, 7) is 4.52.